The minimum atomic E-state index is 0.238. The van der Waals surface area contributed by atoms with Crippen LogP contribution in [0.25, 0.3) is 0 Å². The Kier molecular flexibility index (Phi) is 3.78. The number of nitrogen functional groups attached to an aromatic ring is 1. The zero-order chi connectivity index (χ0) is 13.0. The molecule has 0 aliphatic carbocycles. The number of furan rings is 1. The highest BCUT2D eigenvalue weighted by Gasteiger charge is 2.07. The predicted octanol–water partition coefficient (Wildman–Crippen LogP) is 2.09. The summed E-state index contributed by atoms with van der Waals surface area (Å²) in [6.07, 6.45) is 1.64. The third kappa shape index (κ3) is 2.98. The van der Waals surface area contributed by atoms with Crippen LogP contribution in [0.5, 0.6) is 0 Å². The van der Waals surface area contributed by atoms with Crippen LogP contribution in [0.3, 0.4) is 0 Å². The highest BCUT2D eigenvalue weighted by Crippen LogP contribution is 2.17. The van der Waals surface area contributed by atoms with Crippen molar-refractivity contribution in [1.29, 1.82) is 0 Å². The van der Waals surface area contributed by atoms with E-state index in [9.17, 15) is 0 Å². The minimum Gasteiger partial charge on any atom is -0.467 e. The molecule has 0 radical (unpaired) electrons. The van der Waals surface area contributed by atoms with Gasteiger partial charge in [-0.1, -0.05) is 13.8 Å². The molecule has 4 N–H and O–H groups in total. The molecule has 2 aromatic heterocycles. The smallest absolute Gasteiger partial charge is 0.145 e. The minimum absolute atomic E-state index is 0.238. The monoisotopic (exact) mass is 247 g/mol. The normalized spacial score (nSPS) is 10.7. The number of nitrogens with two attached hydrogens (primary N) is 1. The van der Waals surface area contributed by atoms with E-state index in [1.54, 1.807) is 12.3 Å². The quantitative estimate of drug-likeness (QED) is 0.554. The van der Waals surface area contributed by atoms with Gasteiger partial charge in [0.1, 0.15) is 23.2 Å². The Balaban J connectivity index is 2.13. The van der Waals surface area contributed by atoms with Gasteiger partial charge in [-0.05, 0) is 12.1 Å². The molecule has 96 valence electrons. The first-order valence-electron chi connectivity index (χ1n) is 5.81. The average Bonchev–Trinajstić information content (AvgIpc) is 2.89. The summed E-state index contributed by atoms with van der Waals surface area (Å²) in [5.41, 5.74) is 2.54. The molecule has 0 saturated carbocycles. The van der Waals surface area contributed by atoms with Gasteiger partial charge in [0.05, 0.1) is 12.8 Å². The van der Waals surface area contributed by atoms with E-state index in [1.165, 1.54) is 0 Å². The van der Waals surface area contributed by atoms with Crippen LogP contribution >= 0.6 is 0 Å². The third-order valence-electron chi connectivity index (χ3n) is 2.43. The molecule has 0 saturated heterocycles. The number of hydrazine groups is 1. The standard InChI is InChI=1S/C12H17N5O/c1-8(2)12-15-10(6-11(16-12)17-13)14-7-9-4-3-5-18-9/h3-6,8H,7,13H2,1-2H3,(H2,14,15,16,17). The molecule has 0 amide bonds. The van der Waals surface area contributed by atoms with Gasteiger partial charge in [-0.15, -0.1) is 0 Å². The van der Waals surface area contributed by atoms with Crippen molar-refractivity contribution in [2.24, 2.45) is 5.84 Å². The second kappa shape index (κ2) is 5.50. The topological polar surface area (TPSA) is 89.0 Å². The van der Waals surface area contributed by atoms with Crippen molar-refractivity contribution in [2.75, 3.05) is 10.7 Å². The second-order valence-electron chi connectivity index (χ2n) is 4.23. The largest absolute Gasteiger partial charge is 0.467 e. The van der Waals surface area contributed by atoms with Crippen molar-refractivity contribution in [3.8, 4) is 0 Å². The van der Waals surface area contributed by atoms with Gasteiger partial charge in [0.25, 0.3) is 0 Å². The predicted molar refractivity (Wildman–Crippen MR) is 70.0 cm³/mol. The highest BCUT2D eigenvalue weighted by atomic mass is 16.3. The fraction of sp³-hybridized carbons (Fsp3) is 0.333. The van der Waals surface area contributed by atoms with Gasteiger partial charge in [0.15, 0.2) is 0 Å². The Hall–Kier alpha value is -2.08. The summed E-state index contributed by atoms with van der Waals surface area (Å²) in [6, 6.07) is 5.51. The van der Waals surface area contributed by atoms with Crippen LogP contribution in [-0.4, -0.2) is 9.97 Å². The zero-order valence-corrected chi connectivity index (χ0v) is 10.5. The summed E-state index contributed by atoms with van der Waals surface area (Å²) in [5, 5.41) is 3.18. The summed E-state index contributed by atoms with van der Waals surface area (Å²) in [6.45, 7) is 4.64. The summed E-state index contributed by atoms with van der Waals surface area (Å²) < 4.78 is 5.24. The number of hydrogen-bond acceptors (Lipinski definition) is 6. The Bertz CT molecular complexity index is 495. The molecule has 0 unspecified atom stereocenters. The number of nitrogens with zero attached hydrogens (tertiary/aromatic N) is 2. The summed E-state index contributed by atoms with van der Waals surface area (Å²) in [7, 11) is 0. The average molecular weight is 247 g/mol. The zero-order valence-electron chi connectivity index (χ0n) is 10.5. The first kappa shape index (κ1) is 12.4. The molecular weight excluding hydrogens is 230 g/mol. The highest BCUT2D eigenvalue weighted by molar-refractivity contribution is 5.47. The fourth-order valence-corrected chi connectivity index (χ4v) is 1.48. The van der Waals surface area contributed by atoms with Crippen LogP contribution in [0.2, 0.25) is 0 Å². The van der Waals surface area contributed by atoms with Gasteiger partial charge in [-0.3, -0.25) is 0 Å². The van der Waals surface area contributed by atoms with Gasteiger partial charge < -0.3 is 15.2 Å². The maximum absolute atomic E-state index is 5.39. The van der Waals surface area contributed by atoms with Crippen LogP contribution in [-0.2, 0) is 6.54 Å². The van der Waals surface area contributed by atoms with Crippen molar-refractivity contribution in [3.63, 3.8) is 0 Å². The maximum Gasteiger partial charge on any atom is 0.145 e. The Morgan fingerprint density at radius 3 is 2.72 bits per heavy atom. The van der Waals surface area contributed by atoms with Gasteiger partial charge in [-0.2, -0.15) is 0 Å². The molecule has 0 aromatic carbocycles. The Labute approximate surface area is 106 Å². The van der Waals surface area contributed by atoms with Gasteiger partial charge in [0, 0.05) is 12.0 Å². The van der Waals surface area contributed by atoms with Crippen molar-refractivity contribution in [3.05, 3.63) is 36.0 Å². The number of rotatable bonds is 5. The van der Waals surface area contributed by atoms with Gasteiger partial charge in [-0.25, -0.2) is 15.8 Å². The van der Waals surface area contributed by atoms with Gasteiger partial charge in [0.2, 0.25) is 0 Å². The molecule has 2 aromatic rings. The van der Waals surface area contributed by atoms with E-state index in [2.05, 4.69) is 20.7 Å². The number of hydrogen-bond donors (Lipinski definition) is 3. The number of nitrogens with one attached hydrogen (secondary N) is 2. The van der Waals surface area contributed by atoms with Crippen molar-refractivity contribution >= 4 is 11.6 Å². The number of aromatic nitrogens is 2. The van der Waals surface area contributed by atoms with E-state index in [1.807, 2.05) is 26.0 Å². The molecule has 0 spiro atoms. The SMILES string of the molecule is CC(C)c1nc(NN)cc(NCc2ccco2)n1. The van der Waals surface area contributed by atoms with E-state index >= 15 is 0 Å². The van der Waals surface area contributed by atoms with E-state index in [4.69, 9.17) is 10.3 Å². The lowest BCUT2D eigenvalue weighted by Crippen LogP contribution is -2.12. The van der Waals surface area contributed by atoms with Gasteiger partial charge >= 0.3 is 0 Å². The first-order chi connectivity index (χ1) is 8.69. The molecule has 0 atom stereocenters. The van der Waals surface area contributed by atoms with E-state index in [-0.39, 0.29) is 5.92 Å². The first-order valence-corrected chi connectivity index (χ1v) is 5.81. The van der Waals surface area contributed by atoms with Crippen LogP contribution in [0.15, 0.2) is 28.9 Å². The van der Waals surface area contributed by atoms with Crippen LogP contribution in [0.1, 0.15) is 31.4 Å². The molecule has 2 rings (SSSR count). The van der Waals surface area contributed by atoms with E-state index in [0.29, 0.717) is 12.4 Å². The molecule has 0 aliphatic rings. The lowest BCUT2D eigenvalue weighted by Gasteiger charge is -2.10. The molecule has 0 aliphatic heterocycles. The third-order valence-corrected chi connectivity index (χ3v) is 2.43. The lowest BCUT2D eigenvalue weighted by atomic mass is 10.2. The van der Waals surface area contributed by atoms with Crippen molar-refractivity contribution in [1.82, 2.24) is 9.97 Å². The molecule has 0 bridgehead atoms. The van der Waals surface area contributed by atoms with Crippen LogP contribution in [0, 0.1) is 0 Å². The molecule has 6 heteroatoms. The number of anilines is 2. The summed E-state index contributed by atoms with van der Waals surface area (Å²) >= 11 is 0. The van der Waals surface area contributed by atoms with Crippen molar-refractivity contribution in [2.45, 2.75) is 26.3 Å². The fourth-order valence-electron chi connectivity index (χ4n) is 1.48. The van der Waals surface area contributed by atoms with E-state index in [0.717, 1.165) is 17.4 Å². The molecule has 18 heavy (non-hydrogen) atoms. The molecule has 6 nitrogen and oxygen atoms in total. The van der Waals surface area contributed by atoms with Crippen LogP contribution < -0.4 is 16.6 Å². The second-order valence-corrected chi connectivity index (χ2v) is 4.23. The van der Waals surface area contributed by atoms with E-state index < -0.39 is 0 Å². The molecular formula is C12H17N5O. The maximum atomic E-state index is 5.39. The Morgan fingerprint density at radius 1 is 1.33 bits per heavy atom. The molecule has 0 fully saturated rings. The summed E-state index contributed by atoms with van der Waals surface area (Å²) in [4.78, 5) is 8.71. The lowest BCUT2D eigenvalue weighted by molar-refractivity contribution is 0.517. The summed E-state index contributed by atoms with van der Waals surface area (Å²) in [5.74, 6) is 8.54. The Morgan fingerprint density at radius 2 is 2.11 bits per heavy atom. The molecule has 2 heterocycles. The van der Waals surface area contributed by atoms with Crippen molar-refractivity contribution < 1.29 is 4.42 Å². The van der Waals surface area contributed by atoms with Crippen LogP contribution in [0.4, 0.5) is 11.6 Å².